The fraction of sp³-hybridized carbons (Fsp3) is 0.273. The van der Waals surface area contributed by atoms with Crippen molar-refractivity contribution in [2.24, 2.45) is 0 Å². The molecule has 15 heavy (non-hydrogen) atoms. The summed E-state index contributed by atoms with van der Waals surface area (Å²) in [5.74, 6) is 0.830. The van der Waals surface area contributed by atoms with Gasteiger partial charge in [-0.25, -0.2) is 0 Å². The minimum Gasteiger partial charge on any atom is -0.494 e. The first-order chi connectivity index (χ1) is 7.34. The minimum absolute atomic E-state index is 0.0290. The standard InChI is InChI=1S/C11H11BrO3/c12-9-1-3-10(4-2-9)15-8-11-7-13-5-6-14-11/h1-6,11H,7-8H2. The van der Waals surface area contributed by atoms with E-state index >= 15 is 0 Å². The monoisotopic (exact) mass is 270 g/mol. The summed E-state index contributed by atoms with van der Waals surface area (Å²) in [6.07, 6.45) is 3.05. The van der Waals surface area contributed by atoms with Crippen molar-refractivity contribution in [1.29, 1.82) is 0 Å². The van der Waals surface area contributed by atoms with Crippen LogP contribution in [0, 0.1) is 0 Å². The number of hydrogen-bond acceptors (Lipinski definition) is 3. The Labute approximate surface area is 96.8 Å². The van der Waals surface area contributed by atoms with Crippen LogP contribution >= 0.6 is 15.9 Å². The second-order valence-corrected chi connectivity index (χ2v) is 4.04. The van der Waals surface area contributed by atoms with Crippen molar-refractivity contribution < 1.29 is 14.2 Å². The first-order valence-electron chi connectivity index (χ1n) is 4.65. The Morgan fingerprint density at radius 1 is 1.27 bits per heavy atom. The molecule has 1 aromatic rings. The molecule has 0 saturated carbocycles. The Balaban J connectivity index is 1.82. The molecule has 0 spiro atoms. The maximum Gasteiger partial charge on any atom is 0.166 e. The van der Waals surface area contributed by atoms with Gasteiger partial charge in [0.15, 0.2) is 6.10 Å². The van der Waals surface area contributed by atoms with Crippen LogP contribution in [-0.2, 0) is 9.47 Å². The van der Waals surface area contributed by atoms with Gasteiger partial charge in [-0.2, -0.15) is 0 Å². The number of rotatable bonds is 3. The van der Waals surface area contributed by atoms with Crippen molar-refractivity contribution >= 4 is 15.9 Å². The van der Waals surface area contributed by atoms with Gasteiger partial charge in [0.2, 0.25) is 0 Å². The zero-order valence-electron chi connectivity index (χ0n) is 8.06. The van der Waals surface area contributed by atoms with Crippen molar-refractivity contribution in [3.05, 3.63) is 41.3 Å². The SMILES string of the molecule is Brc1ccc(OCC2COC=CO2)cc1. The van der Waals surface area contributed by atoms with E-state index in [2.05, 4.69) is 15.9 Å². The highest BCUT2D eigenvalue weighted by Crippen LogP contribution is 2.16. The molecule has 0 saturated heterocycles. The fourth-order valence-electron chi connectivity index (χ4n) is 1.19. The molecular weight excluding hydrogens is 260 g/mol. The van der Waals surface area contributed by atoms with Gasteiger partial charge in [0.05, 0.1) is 0 Å². The van der Waals surface area contributed by atoms with Gasteiger partial charge in [-0.05, 0) is 24.3 Å². The van der Waals surface area contributed by atoms with Crippen LogP contribution in [0.25, 0.3) is 0 Å². The number of benzene rings is 1. The Bertz CT molecular complexity index is 334. The lowest BCUT2D eigenvalue weighted by atomic mass is 10.3. The van der Waals surface area contributed by atoms with Gasteiger partial charge in [0.1, 0.15) is 31.5 Å². The smallest absolute Gasteiger partial charge is 0.166 e. The molecule has 0 radical (unpaired) electrons. The van der Waals surface area contributed by atoms with Crippen LogP contribution in [0.3, 0.4) is 0 Å². The first kappa shape index (κ1) is 10.4. The molecule has 1 heterocycles. The highest BCUT2D eigenvalue weighted by molar-refractivity contribution is 9.10. The van der Waals surface area contributed by atoms with E-state index in [4.69, 9.17) is 14.2 Å². The Hall–Kier alpha value is -1.16. The van der Waals surface area contributed by atoms with E-state index in [1.165, 1.54) is 6.26 Å². The van der Waals surface area contributed by atoms with Crippen LogP contribution in [0.15, 0.2) is 41.3 Å². The van der Waals surface area contributed by atoms with E-state index in [1.54, 1.807) is 6.26 Å². The molecule has 0 aliphatic carbocycles. The molecule has 0 fully saturated rings. The highest BCUT2D eigenvalue weighted by Gasteiger charge is 2.12. The van der Waals surface area contributed by atoms with Gasteiger partial charge in [-0.15, -0.1) is 0 Å². The van der Waals surface area contributed by atoms with Crippen molar-refractivity contribution in [3.63, 3.8) is 0 Å². The Kier molecular flexibility index (Phi) is 3.50. The number of halogens is 1. The van der Waals surface area contributed by atoms with Crippen molar-refractivity contribution in [3.8, 4) is 5.75 Å². The van der Waals surface area contributed by atoms with Crippen LogP contribution < -0.4 is 4.74 Å². The average Bonchev–Trinajstić information content (AvgIpc) is 2.30. The van der Waals surface area contributed by atoms with Gasteiger partial charge < -0.3 is 14.2 Å². The predicted molar refractivity (Wildman–Crippen MR) is 59.6 cm³/mol. The molecule has 2 rings (SSSR count). The van der Waals surface area contributed by atoms with Gasteiger partial charge in [-0.1, -0.05) is 15.9 Å². The summed E-state index contributed by atoms with van der Waals surface area (Å²) in [7, 11) is 0. The summed E-state index contributed by atoms with van der Waals surface area (Å²) in [4.78, 5) is 0. The van der Waals surface area contributed by atoms with Crippen LogP contribution in [0.1, 0.15) is 0 Å². The molecule has 1 unspecified atom stereocenters. The maximum absolute atomic E-state index is 5.54. The second kappa shape index (κ2) is 5.07. The predicted octanol–water partition coefficient (Wildman–Crippen LogP) is 2.71. The molecule has 3 nitrogen and oxygen atoms in total. The zero-order valence-corrected chi connectivity index (χ0v) is 9.64. The third-order valence-corrected chi connectivity index (χ3v) is 2.48. The molecule has 80 valence electrons. The van der Waals surface area contributed by atoms with E-state index in [9.17, 15) is 0 Å². The molecule has 4 heteroatoms. The lowest BCUT2D eigenvalue weighted by molar-refractivity contribution is 0.00558. The van der Waals surface area contributed by atoms with E-state index in [0.717, 1.165) is 10.2 Å². The van der Waals surface area contributed by atoms with E-state index in [1.807, 2.05) is 24.3 Å². The van der Waals surface area contributed by atoms with Crippen LogP contribution in [0.5, 0.6) is 5.75 Å². The maximum atomic E-state index is 5.54. The van der Waals surface area contributed by atoms with Gasteiger partial charge in [-0.3, -0.25) is 0 Å². The largest absolute Gasteiger partial charge is 0.494 e. The molecule has 0 aromatic heterocycles. The first-order valence-corrected chi connectivity index (χ1v) is 5.44. The summed E-state index contributed by atoms with van der Waals surface area (Å²) in [6.45, 7) is 1.03. The Morgan fingerprint density at radius 2 is 2.07 bits per heavy atom. The van der Waals surface area contributed by atoms with Crippen molar-refractivity contribution in [1.82, 2.24) is 0 Å². The lowest BCUT2D eigenvalue weighted by Gasteiger charge is -2.19. The third kappa shape index (κ3) is 3.16. The average molecular weight is 271 g/mol. The molecule has 1 aromatic carbocycles. The topological polar surface area (TPSA) is 27.7 Å². The van der Waals surface area contributed by atoms with Crippen molar-refractivity contribution in [2.45, 2.75) is 6.10 Å². The minimum atomic E-state index is -0.0290. The van der Waals surface area contributed by atoms with E-state index < -0.39 is 0 Å². The van der Waals surface area contributed by atoms with Gasteiger partial charge >= 0.3 is 0 Å². The van der Waals surface area contributed by atoms with Crippen LogP contribution in [0.2, 0.25) is 0 Å². The van der Waals surface area contributed by atoms with Crippen molar-refractivity contribution in [2.75, 3.05) is 13.2 Å². The van der Waals surface area contributed by atoms with Crippen LogP contribution in [-0.4, -0.2) is 19.3 Å². The number of hydrogen-bond donors (Lipinski definition) is 0. The molecule has 0 bridgehead atoms. The molecule has 1 aliphatic rings. The molecule has 0 N–H and O–H groups in total. The third-order valence-electron chi connectivity index (χ3n) is 1.95. The second-order valence-electron chi connectivity index (χ2n) is 3.13. The summed E-state index contributed by atoms with van der Waals surface area (Å²) < 4.78 is 17.0. The summed E-state index contributed by atoms with van der Waals surface area (Å²) in [5, 5.41) is 0. The summed E-state index contributed by atoms with van der Waals surface area (Å²) in [5.41, 5.74) is 0. The molecule has 1 atom stereocenters. The zero-order chi connectivity index (χ0) is 10.5. The lowest BCUT2D eigenvalue weighted by Crippen LogP contribution is -2.26. The molecular formula is C11H11BrO3. The van der Waals surface area contributed by atoms with E-state index in [-0.39, 0.29) is 6.10 Å². The van der Waals surface area contributed by atoms with Gasteiger partial charge in [0, 0.05) is 4.47 Å². The molecule has 0 amide bonds. The van der Waals surface area contributed by atoms with Gasteiger partial charge in [0.25, 0.3) is 0 Å². The summed E-state index contributed by atoms with van der Waals surface area (Å²) >= 11 is 3.36. The quantitative estimate of drug-likeness (QED) is 0.846. The highest BCUT2D eigenvalue weighted by atomic mass is 79.9. The van der Waals surface area contributed by atoms with E-state index in [0.29, 0.717) is 13.2 Å². The normalized spacial score (nSPS) is 19.1. The fourth-order valence-corrected chi connectivity index (χ4v) is 1.46. The molecule has 1 aliphatic heterocycles. The Morgan fingerprint density at radius 3 is 2.73 bits per heavy atom. The summed E-state index contributed by atoms with van der Waals surface area (Å²) in [6, 6.07) is 7.69. The van der Waals surface area contributed by atoms with Crippen LogP contribution in [0.4, 0.5) is 0 Å². The number of ether oxygens (including phenoxy) is 3.